The first-order chi connectivity index (χ1) is 8.74. The van der Waals surface area contributed by atoms with Crippen LogP contribution in [-0.4, -0.2) is 22.5 Å². The van der Waals surface area contributed by atoms with Crippen LogP contribution in [0.2, 0.25) is 0 Å². The minimum atomic E-state index is -0.0218. The van der Waals surface area contributed by atoms with E-state index in [2.05, 4.69) is 15.5 Å². The number of amidine groups is 1. The highest BCUT2D eigenvalue weighted by atomic mass is 32.2. The summed E-state index contributed by atoms with van der Waals surface area (Å²) in [6, 6.07) is 9.98. The lowest BCUT2D eigenvalue weighted by Gasteiger charge is -1.92. The van der Waals surface area contributed by atoms with Gasteiger partial charge in [0.05, 0.1) is 11.5 Å². The Morgan fingerprint density at radius 2 is 2.17 bits per heavy atom. The Balaban J connectivity index is 1.97. The van der Waals surface area contributed by atoms with Crippen LogP contribution < -0.4 is 5.32 Å². The largest absolute Gasteiger partial charge is 0.303 e. The molecule has 1 fully saturated rings. The van der Waals surface area contributed by atoms with Crippen LogP contribution in [0.1, 0.15) is 12.5 Å². The van der Waals surface area contributed by atoms with Crippen molar-refractivity contribution < 1.29 is 4.79 Å². The van der Waals surface area contributed by atoms with Crippen molar-refractivity contribution in [2.75, 3.05) is 5.75 Å². The van der Waals surface area contributed by atoms with Gasteiger partial charge in [-0.25, -0.2) is 0 Å². The van der Waals surface area contributed by atoms with Crippen LogP contribution in [0.3, 0.4) is 0 Å². The lowest BCUT2D eigenvalue weighted by atomic mass is 10.2. The molecule has 1 aliphatic rings. The van der Waals surface area contributed by atoms with Crippen molar-refractivity contribution in [3.8, 4) is 0 Å². The van der Waals surface area contributed by atoms with E-state index in [1.165, 1.54) is 11.8 Å². The van der Waals surface area contributed by atoms with Crippen LogP contribution in [-0.2, 0) is 4.79 Å². The van der Waals surface area contributed by atoms with Gasteiger partial charge in [0.2, 0.25) is 5.91 Å². The summed E-state index contributed by atoms with van der Waals surface area (Å²) < 4.78 is 0. The maximum atomic E-state index is 10.9. The van der Waals surface area contributed by atoms with Gasteiger partial charge in [-0.1, -0.05) is 48.2 Å². The van der Waals surface area contributed by atoms with E-state index in [1.807, 2.05) is 49.4 Å². The molecule has 1 heterocycles. The second-order valence-electron chi connectivity index (χ2n) is 3.73. The van der Waals surface area contributed by atoms with E-state index in [1.54, 1.807) is 0 Å². The first kappa shape index (κ1) is 12.6. The standard InChI is InChI=1S/C13H13N3OS/c1-10(7-8-11-5-3-2-4-6-11)15-16-13-14-12(17)9-18-13/h2-8H,9H2,1H3,(H,14,16,17). The lowest BCUT2D eigenvalue weighted by molar-refractivity contribution is -0.116. The van der Waals surface area contributed by atoms with Gasteiger partial charge in [0.25, 0.3) is 0 Å². The number of allylic oxidation sites excluding steroid dienone is 1. The highest BCUT2D eigenvalue weighted by molar-refractivity contribution is 8.15. The molecule has 1 saturated heterocycles. The molecule has 0 radical (unpaired) electrons. The van der Waals surface area contributed by atoms with Crippen molar-refractivity contribution in [1.82, 2.24) is 5.32 Å². The fourth-order valence-electron chi connectivity index (χ4n) is 1.32. The van der Waals surface area contributed by atoms with Gasteiger partial charge in [-0.3, -0.25) is 4.79 Å². The Hall–Kier alpha value is -1.88. The van der Waals surface area contributed by atoms with Crippen molar-refractivity contribution in [1.29, 1.82) is 0 Å². The summed E-state index contributed by atoms with van der Waals surface area (Å²) >= 11 is 1.37. The molecule has 0 saturated carbocycles. The minimum Gasteiger partial charge on any atom is -0.303 e. The average Bonchev–Trinajstić information content (AvgIpc) is 2.81. The summed E-state index contributed by atoms with van der Waals surface area (Å²) in [5.41, 5.74) is 1.90. The topological polar surface area (TPSA) is 53.8 Å². The number of amides is 1. The number of carbonyl (C=O) groups is 1. The zero-order valence-corrected chi connectivity index (χ0v) is 10.8. The third kappa shape index (κ3) is 3.85. The maximum Gasteiger partial charge on any atom is 0.236 e. The van der Waals surface area contributed by atoms with E-state index in [4.69, 9.17) is 0 Å². The van der Waals surface area contributed by atoms with Gasteiger partial charge in [0.1, 0.15) is 0 Å². The molecule has 1 amide bonds. The van der Waals surface area contributed by atoms with Gasteiger partial charge in [0, 0.05) is 0 Å². The second kappa shape index (κ2) is 6.16. The molecule has 18 heavy (non-hydrogen) atoms. The molecule has 0 unspecified atom stereocenters. The molecule has 1 aliphatic heterocycles. The van der Waals surface area contributed by atoms with Gasteiger partial charge in [0.15, 0.2) is 5.17 Å². The molecule has 1 aromatic carbocycles. The Labute approximate surface area is 110 Å². The number of carbonyl (C=O) groups excluding carboxylic acids is 1. The quantitative estimate of drug-likeness (QED) is 0.669. The van der Waals surface area contributed by atoms with Crippen molar-refractivity contribution >= 4 is 34.6 Å². The van der Waals surface area contributed by atoms with E-state index in [0.29, 0.717) is 10.9 Å². The first-order valence-corrected chi connectivity index (χ1v) is 6.50. The van der Waals surface area contributed by atoms with Crippen LogP contribution >= 0.6 is 11.8 Å². The highest BCUT2D eigenvalue weighted by Crippen LogP contribution is 2.08. The van der Waals surface area contributed by atoms with E-state index < -0.39 is 0 Å². The van der Waals surface area contributed by atoms with Crippen molar-refractivity contribution in [3.05, 3.63) is 42.0 Å². The van der Waals surface area contributed by atoms with E-state index in [9.17, 15) is 4.79 Å². The SMILES string of the molecule is CC(C=Cc1ccccc1)=NN=C1NC(=O)CS1. The predicted octanol–water partition coefficient (Wildman–Crippen LogP) is 2.29. The summed E-state index contributed by atoms with van der Waals surface area (Å²) in [6.45, 7) is 1.87. The van der Waals surface area contributed by atoms with Gasteiger partial charge in [-0.2, -0.15) is 5.10 Å². The zero-order valence-electron chi connectivity index (χ0n) is 9.96. The molecule has 5 heteroatoms. The first-order valence-electron chi connectivity index (χ1n) is 5.52. The van der Waals surface area contributed by atoms with E-state index in [0.717, 1.165) is 11.3 Å². The summed E-state index contributed by atoms with van der Waals surface area (Å²) in [5, 5.41) is 11.2. The summed E-state index contributed by atoms with van der Waals surface area (Å²) in [7, 11) is 0. The van der Waals surface area contributed by atoms with Crippen LogP contribution in [0, 0.1) is 0 Å². The molecule has 4 nitrogen and oxygen atoms in total. The van der Waals surface area contributed by atoms with Gasteiger partial charge in [-0.15, -0.1) is 5.10 Å². The van der Waals surface area contributed by atoms with Crippen LogP contribution in [0.4, 0.5) is 0 Å². The van der Waals surface area contributed by atoms with Crippen LogP contribution in [0.5, 0.6) is 0 Å². The molecule has 1 N–H and O–H groups in total. The Kier molecular flexibility index (Phi) is 4.30. The Morgan fingerprint density at radius 3 is 2.83 bits per heavy atom. The number of nitrogens with one attached hydrogen (secondary N) is 1. The van der Waals surface area contributed by atoms with Gasteiger partial charge < -0.3 is 5.32 Å². The molecular weight excluding hydrogens is 246 g/mol. The summed E-state index contributed by atoms with van der Waals surface area (Å²) in [4.78, 5) is 10.9. The van der Waals surface area contributed by atoms with E-state index in [-0.39, 0.29) is 5.91 Å². The average molecular weight is 259 g/mol. The molecule has 2 rings (SSSR count). The molecular formula is C13H13N3OS. The number of hydrogen-bond donors (Lipinski definition) is 1. The van der Waals surface area contributed by atoms with Crippen molar-refractivity contribution in [3.63, 3.8) is 0 Å². The molecule has 0 aliphatic carbocycles. The van der Waals surface area contributed by atoms with Crippen molar-refractivity contribution in [2.24, 2.45) is 10.2 Å². The molecule has 0 spiro atoms. The molecule has 92 valence electrons. The highest BCUT2D eigenvalue weighted by Gasteiger charge is 2.15. The number of thioether (sulfide) groups is 1. The zero-order chi connectivity index (χ0) is 12.8. The van der Waals surface area contributed by atoms with Crippen LogP contribution in [0.15, 0.2) is 46.6 Å². The third-order valence-corrected chi connectivity index (χ3v) is 3.07. The molecule has 1 aromatic rings. The number of rotatable bonds is 3. The lowest BCUT2D eigenvalue weighted by Crippen LogP contribution is -2.19. The monoisotopic (exact) mass is 259 g/mol. The van der Waals surface area contributed by atoms with Gasteiger partial charge in [-0.05, 0) is 18.6 Å². The summed E-state index contributed by atoms with van der Waals surface area (Å²) in [6.07, 6.45) is 3.86. The minimum absolute atomic E-state index is 0.0218. The van der Waals surface area contributed by atoms with Crippen molar-refractivity contribution in [2.45, 2.75) is 6.92 Å². The summed E-state index contributed by atoms with van der Waals surface area (Å²) in [5.74, 6) is 0.402. The molecule has 0 aromatic heterocycles. The predicted molar refractivity (Wildman–Crippen MR) is 76.6 cm³/mol. The molecule has 0 bridgehead atoms. The number of hydrogen-bond acceptors (Lipinski definition) is 4. The smallest absolute Gasteiger partial charge is 0.236 e. The Bertz CT molecular complexity index is 520. The Morgan fingerprint density at radius 1 is 1.39 bits per heavy atom. The number of benzene rings is 1. The second-order valence-corrected chi connectivity index (χ2v) is 4.69. The number of nitrogens with zero attached hydrogens (tertiary/aromatic N) is 2. The maximum absolute atomic E-state index is 10.9. The third-order valence-electron chi connectivity index (χ3n) is 2.20. The van der Waals surface area contributed by atoms with Gasteiger partial charge >= 0.3 is 0 Å². The fraction of sp³-hybridized carbons (Fsp3) is 0.154. The molecule has 0 atom stereocenters. The van der Waals surface area contributed by atoms with E-state index >= 15 is 0 Å². The normalized spacial score (nSPS) is 18.6. The van der Waals surface area contributed by atoms with Crippen LogP contribution in [0.25, 0.3) is 6.08 Å². The fourth-order valence-corrected chi connectivity index (χ4v) is 1.94.